The van der Waals surface area contributed by atoms with Crippen LogP contribution in [0, 0.1) is 12.7 Å². The van der Waals surface area contributed by atoms with Gasteiger partial charge in [-0.25, -0.2) is 4.39 Å². The second-order valence-corrected chi connectivity index (χ2v) is 6.51. The molecule has 2 aromatic heterocycles. The minimum absolute atomic E-state index is 0. The van der Waals surface area contributed by atoms with Crippen molar-refractivity contribution < 1.29 is 8.91 Å². The summed E-state index contributed by atoms with van der Waals surface area (Å²) in [5, 5.41) is 15.6. The fourth-order valence-electron chi connectivity index (χ4n) is 3.14. The maximum absolute atomic E-state index is 13.2. The van der Waals surface area contributed by atoms with Crippen LogP contribution in [0.25, 0.3) is 11.8 Å². The van der Waals surface area contributed by atoms with Gasteiger partial charge in [-0.1, -0.05) is 30.1 Å². The van der Waals surface area contributed by atoms with Gasteiger partial charge in [-0.3, -0.25) is 0 Å². The molecule has 3 aromatic rings. The quantitative estimate of drug-likeness (QED) is 0.728. The number of halogens is 2. The van der Waals surface area contributed by atoms with E-state index in [-0.39, 0.29) is 24.1 Å². The van der Waals surface area contributed by atoms with E-state index in [2.05, 4.69) is 25.7 Å². The van der Waals surface area contributed by atoms with Gasteiger partial charge in [0.05, 0.1) is 5.54 Å². The lowest BCUT2D eigenvalue weighted by molar-refractivity contribution is 0.361. The van der Waals surface area contributed by atoms with Crippen LogP contribution < -0.4 is 5.73 Å². The normalized spacial score (nSPS) is 16.3. The van der Waals surface area contributed by atoms with Crippen molar-refractivity contribution in [1.29, 1.82) is 0 Å². The lowest BCUT2D eigenvalue weighted by atomic mass is 9.99. The van der Waals surface area contributed by atoms with Crippen LogP contribution in [0.1, 0.15) is 48.8 Å². The molecule has 142 valence electrons. The predicted octanol–water partition coefficient (Wildman–Crippen LogP) is 2.70. The molecule has 0 saturated heterocycles. The van der Waals surface area contributed by atoms with Crippen LogP contribution in [-0.4, -0.2) is 30.3 Å². The Labute approximate surface area is 161 Å². The fourth-order valence-corrected chi connectivity index (χ4v) is 3.14. The third kappa shape index (κ3) is 3.74. The van der Waals surface area contributed by atoms with Crippen molar-refractivity contribution >= 4 is 24.2 Å². The summed E-state index contributed by atoms with van der Waals surface area (Å²) in [6.45, 7) is 1.76. The first-order valence-corrected chi connectivity index (χ1v) is 8.41. The van der Waals surface area contributed by atoms with Gasteiger partial charge in [0, 0.05) is 0 Å². The molecule has 0 radical (unpaired) electrons. The smallest absolute Gasteiger partial charge is 0.276 e. The topological polar surface area (TPSA) is 109 Å². The van der Waals surface area contributed by atoms with Crippen molar-refractivity contribution in [2.45, 2.75) is 38.1 Å². The SMILES string of the molecule is Cc1nnnn1/C(=C/c1ccc(F)cc1)c1nc(C2(N)CCCC2)no1.Cl. The van der Waals surface area contributed by atoms with Gasteiger partial charge in [-0.15, -0.1) is 17.5 Å². The van der Waals surface area contributed by atoms with Crippen molar-refractivity contribution in [3.63, 3.8) is 0 Å². The summed E-state index contributed by atoms with van der Waals surface area (Å²) >= 11 is 0. The van der Waals surface area contributed by atoms with E-state index in [9.17, 15) is 4.39 Å². The summed E-state index contributed by atoms with van der Waals surface area (Å²) in [5.74, 6) is 0.993. The van der Waals surface area contributed by atoms with Gasteiger partial charge in [-0.05, 0) is 54.0 Å². The molecule has 4 rings (SSSR count). The second-order valence-electron chi connectivity index (χ2n) is 6.51. The summed E-state index contributed by atoms with van der Waals surface area (Å²) in [6, 6.07) is 6.05. The number of tetrazole rings is 1. The molecule has 10 heteroatoms. The number of nitrogens with two attached hydrogens (primary N) is 1. The maximum Gasteiger partial charge on any atom is 0.276 e. The Hall–Kier alpha value is -2.65. The van der Waals surface area contributed by atoms with E-state index in [4.69, 9.17) is 10.3 Å². The van der Waals surface area contributed by atoms with Crippen molar-refractivity contribution in [3.05, 3.63) is 53.2 Å². The molecule has 1 aliphatic carbocycles. The predicted molar refractivity (Wildman–Crippen MR) is 98.1 cm³/mol. The summed E-state index contributed by atoms with van der Waals surface area (Å²) in [7, 11) is 0. The number of nitrogens with zero attached hydrogens (tertiary/aromatic N) is 6. The Morgan fingerprint density at radius 1 is 1.26 bits per heavy atom. The van der Waals surface area contributed by atoms with Crippen molar-refractivity contribution in [1.82, 2.24) is 30.3 Å². The van der Waals surface area contributed by atoms with E-state index in [0.717, 1.165) is 31.2 Å². The van der Waals surface area contributed by atoms with Crippen LogP contribution in [0.4, 0.5) is 4.39 Å². The number of hydrogen-bond donors (Lipinski definition) is 1. The van der Waals surface area contributed by atoms with Crippen molar-refractivity contribution in [2.75, 3.05) is 0 Å². The number of aromatic nitrogens is 6. The van der Waals surface area contributed by atoms with E-state index in [1.807, 2.05) is 0 Å². The first-order valence-electron chi connectivity index (χ1n) is 8.41. The van der Waals surface area contributed by atoms with Gasteiger partial charge in [0.15, 0.2) is 11.6 Å². The van der Waals surface area contributed by atoms with Crippen LogP contribution in [0.15, 0.2) is 28.8 Å². The van der Waals surface area contributed by atoms with E-state index in [1.165, 1.54) is 16.8 Å². The highest BCUT2D eigenvalue weighted by Crippen LogP contribution is 2.35. The van der Waals surface area contributed by atoms with Gasteiger partial charge >= 0.3 is 0 Å². The highest BCUT2D eigenvalue weighted by Gasteiger charge is 2.36. The fraction of sp³-hybridized carbons (Fsp3) is 0.353. The molecule has 1 saturated carbocycles. The minimum atomic E-state index is -0.557. The molecule has 0 aliphatic heterocycles. The van der Waals surface area contributed by atoms with Gasteiger partial charge in [0.25, 0.3) is 5.89 Å². The number of rotatable bonds is 4. The lowest BCUT2D eigenvalue weighted by Gasteiger charge is -2.17. The highest BCUT2D eigenvalue weighted by atomic mass is 35.5. The molecule has 2 heterocycles. The van der Waals surface area contributed by atoms with Gasteiger partial charge in [-0.2, -0.15) is 9.67 Å². The van der Waals surface area contributed by atoms with E-state index >= 15 is 0 Å². The van der Waals surface area contributed by atoms with E-state index in [1.54, 1.807) is 25.1 Å². The largest absolute Gasteiger partial charge is 0.332 e. The first kappa shape index (κ1) is 19.1. The second kappa shape index (κ2) is 7.53. The molecule has 0 bridgehead atoms. The average molecular weight is 392 g/mol. The van der Waals surface area contributed by atoms with Crippen LogP contribution in [0.3, 0.4) is 0 Å². The van der Waals surface area contributed by atoms with Crippen LogP contribution in [0.5, 0.6) is 0 Å². The van der Waals surface area contributed by atoms with E-state index in [0.29, 0.717) is 17.3 Å². The summed E-state index contributed by atoms with van der Waals surface area (Å²) in [6.07, 6.45) is 5.51. The Bertz CT molecular complexity index is 944. The Morgan fingerprint density at radius 2 is 1.96 bits per heavy atom. The molecule has 1 aliphatic rings. The van der Waals surface area contributed by atoms with Gasteiger partial charge < -0.3 is 10.3 Å². The molecule has 0 amide bonds. The molecular weight excluding hydrogens is 373 g/mol. The molecule has 1 aromatic carbocycles. The minimum Gasteiger partial charge on any atom is -0.332 e. The highest BCUT2D eigenvalue weighted by molar-refractivity contribution is 5.85. The van der Waals surface area contributed by atoms with Crippen LogP contribution >= 0.6 is 12.4 Å². The van der Waals surface area contributed by atoms with Crippen molar-refractivity contribution in [2.24, 2.45) is 5.73 Å². The third-order valence-corrected chi connectivity index (χ3v) is 4.61. The van der Waals surface area contributed by atoms with Crippen molar-refractivity contribution in [3.8, 4) is 0 Å². The average Bonchev–Trinajstić information content (AvgIpc) is 3.36. The Balaban J connectivity index is 0.00000210. The lowest BCUT2D eigenvalue weighted by Crippen LogP contribution is -2.34. The summed E-state index contributed by atoms with van der Waals surface area (Å²) in [5.41, 5.74) is 7.11. The first-order chi connectivity index (χ1) is 12.5. The zero-order valence-corrected chi connectivity index (χ0v) is 15.5. The Morgan fingerprint density at radius 3 is 2.59 bits per heavy atom. The molecule has 0 atom stereocenters. The zero-order valence-electron chi connectivity index (χ0n) is 14.7. The summed E-state index contributed by atoms with van der Waals surface area (Å²) < 4.78 is 20.2. The molecule has 8 nitrogen and oxygen atoms in total. The standard InChI is InChI=1S/C17H18FN7O.ClH/c1-11-21-23-24-25(11)14(10-12-4-6-13(18)7-5-12)15-20-16(22-26-15)17(19)8-2-3-9-17;/h4-7,10H,2-3,8-9,19H2,1H3;1H/b14-10+;. The van der Waals surface area contributed by atoms with E-state index < -0.39 is 5.54 Å². The van der Waals surface area contributed by atoms with Crippen LogP contribution in [0.2, 0.25) is 0 Å². The monoisotopic (exact) mass is 391 g/mol. The van der Waals surface area contributed by atoms with Gasteiger partial charge in [0.1, 0.15) is 11.5 Å². The Kier molecular flexibility index (Phi) is 5.33. The molecule has 0 spiro atoms. The molecular formula is C17H19ClFN7O. The number of benzene rings is 1. The van der Waals surface area contributed by atoms with Gasteiger partial charge in [0.2, 0.25) is 0 Å². The molecule has 2 N–H and O–H groups in total. The zero-order chi connectivity index (χ0) is 18.1. The number of aryl methyl sites for hydroxylation is 1. The maximum atomic E-state index is 13.2. The number of hydrogen-bond acceptors (Lipinski definition) is 7. The third-order valence-electron chi connectivity index (χ3n) is 4.61. The molecule has 0 unspecified atom stereocenters. The summed E-state index contributed by atoms with van der Waals surface area (Å²) in [4.78, 5) is 4.51. The molecule has 27 heavy (non-hydrogen) atoms. The van der Waals surface area contributed by atoms with Crippen LogP contribution in [-0.2, 0) is 5.54 Å². The molecule has 1 fully saturated rings.